The minimum absolute atomic E-state index is 0.0248. The van der Waals surface area contributed by atoms with Gasteiger partial charge in [-0.2, -0.15) is 5.10 Å². The maximum absolute atomic E-state index is 12.2. The molecule has 0 bridgehead atoms. The van der Waals surface area contributed by atoms with Crippen LogP contribution in [0.1, 0.15) is 32.1 Å². The molecule has 1 aliphatic rings. The Morgan fingerprint density at radius 2 is 2.22 bits per heavy atom. The van der Waals surface area contributed by atoms with Gasteiger partial charge in [0, 0.05) is 32.5 Å². The monoisotopic (exact) mass is 324 g/mol. The van der Waals surface area contributed by atoms with Gasteiger partial charge in [-0.3, -0.25) is 24.4 Å². The SMILES string of the molecule is O=C(O)CCC1CCCN(C(=O)CCn2cc([N+](=O)[O-])cn2)C1. The Hall–Kier alpha value is -2.45. The van der Waals surface area contributed by atoms with E-state index in [1.54, 1.807) is 4.90 Å². The maximum atomic E-state index is 12.2. The van der Waals surface area contributed by atoms with Crippen LogP contribution in [0, 0.1) is 16.0 Å². The van der Waals surface area contributed by atoms with Crippen LogP contribution in [-0.2, 0) is 16.1 Å². The second-order valence-corrected chi connectivity index (χ2v) is 5.75. The number of aliphatic carboxylic acids is 1. The molecule has 9 heteroatoms. The molecular weight excluding hydrogens is 304 g/mol. The van der Waals surface area contributed by atoms with Gasteiger partial charge in [0.05, 0.1) is 4.92 Å². The van der Waals surface area contributed by atoms with Gasteiger partial charge >= 0.3 is 11.7 Å². The molecule has 1 amide bonds. The summed E-state index contributed by atoms with van der Waals surface area (Å²) in [7, 11) is 0. The summed E-state index contributed by atoms with van der Waals surface area (Å²) >= 11 is 0. The van der Waals surface area contributed by atoms with Crippen LogP contribution in [0.15, 0.2) is 12.4 Å². The van der Waals surface area contributed by atoms with Gasteiger partial charge in [0.25, 0.3) is 0 Å². The number of nitro groups is 1. The van der Waals surface area contributed by atoms with Crippen molar-refractivity contribution in [3.8, 4) is 0 Å². The summed E-state index contributed by atoms with van der Waals surface area (Å²) in [4.78, 5) is 34.7. The number of aromatic nitrogens is 2. The predicted molar refractivity (Wildman–Crippen MR) is 79.7 cm³/mol. The van der Waals surface area contributed by atoms with E-state index in [4.69, 9.17) is 5.11 Å². The van der Waals surface area contributed by atoms with Crippen LogP contribution in [0.25, 0.3) is 0 Å². The van der Waals surface area contributed by atoms with E-state index in [9.17, 15) is 19.7 Å². The molecule has 1 aromatic rings. The van der Waals surface area contributed by atoms with Gasteiger partial charge in [-0.25, -0.2) is 0 Å². The smallest absolute Gasteiger partial charge is 0.306 e. The van der Waals surface area contributed by atoms with E-state index in [1.165, 1.54) is 10.9 Å². The van der Waals surface area contributed by atoms with Crippen molar-refractivity contribution in [2.45, 2.75) is 38.6 Å². The highest BCUT2D eigenvalue weighted by Gasteiger charge is 2.24. The molecule has 1 N–H and O–H groups in total. The van der Waals surface area contributed by atoms with E-state index in [0.717, 1.165) is 19.0 Å². The average molecular weight is 324 g/mol. The topological polar surface area (TPSA) is 119 Å². The van der Waals surface area contributed by atoms with E-state index >= 15 is 0 Å². The number of carbonyl (C=O) groups excluding carboxylic acids is 1. The number of amides is 1. The van der Waals surface area contributed by atoms with Crippen LogP contribution < -0.4 is 0 Å². The van der Waals surface area contributed by atoms with Crippen molar-refractivity contribution in [2.24, 2.45) is 5.92 Å². The number of aryl methyl sites for hydroxylation is 1. The first-order valence-electron chi connectivity index (χ1n) is 7.62. The minimum Gasteiger partial charge on any atom is -0.481 e. The normalized spacial score (nSPS) is 17.9. The van der Waals surface area contributed by atoms with Crippen LogP contribution in [-0.4, -0.2) is 49.7 Å². The summed E-state index contributed by atoms with van der Waals surface area (Å²) in [5.74, 6) is -0.605. The molecule has 1 fully saturated rings. The molecule has 0 spiro atoms. The largest absolute Gasteiger partial charge is 0.481 e. The van der Waals surface area contributed by atoms with Crippen LogP contribution in [0.3, 0.4) is 0 Å². The molecule has 1 aliphatic heterocycles. The first-order valence-corrected chi connectivity index (χ1v) is 7.62. The number of hydrogen-bond donors (Lipinski definition) is 1. The van der Waals surface area contributed by atoms with Crippen molar-refractivity contribution in [1.29, 1.82) is 0 Å². The minimum atomic E-state index is -0.811. The Bertz CT molecular complexity index is 585. The van der Waals surface area contributed by atoms with E-state index in [0.29, 0.717) is 26.1 Å². The Balaban J connectivity index is 1.80. The lowest BCUT2D eigenvalue weighted by Crippen LogP contribution is -2.40. The number of hydrogen-bond acceptors (Lipinski definition) is 5. The zero-order valence-electron chi connectivity index (χ0n) is 12.8. The number of rotatable bonds is 7. The summed E-state index contributed by atoms with van der Waals surface area (Å²) in [5, 5.41) is 23.2. The van der Waals surface area contributed by atoms with Crippen molar-refractivity contribution >= 4 is 17.6 Å². The molecule has 23 heavy (non-hydrogen) atoms. The molecule has 0 aliphatic carbocycles. The third-order valence-corrected chi connectivity index (χ3v) is 4.02. The van der Waals surface area contributed by atoms with Gasteiger partial charge < -0.3 is 10.0 Å². The Morgan fingerprint density at radius 1 is 1.43 bits per heavy atom. The molecule has 1 atom stereocenters. The van der Waals surface area contributed by atoms with Gasteiger partial charge in [0.1, 0.15) is 12.4 Å². The van der Waals surface area contributed by atoms with Gasteiger partial charge in [-0.15, -0.1) is 0 Å². The van der Waals surface area contributed by atoms with Crippen molar-refractivity contribution in [1.82, 2.24) is 14.7 Å². The molecule has 0 aromatic carbocycles. The average Bonchev–Trinajstić information content (AvgIpc) is 3.00. The molecule has 1 unspecified atom stereocenters. The zero-order chi connectivity index (χ0) is 16.8. The van der Waals surface area contributed by atoms with Crippen LogP contribution >= 0.6 is 0 Å². The predicted octanol–water partition coefficient (Wildman–Crippen LogP) is 1.28. The third kappa shape index (κ3) is 5.04. The Kier molecular flexibility index (Phi) is 5.67. The molecule has 0 saturated carbocycles. The highest BCUT2D eigenvalue weighted by atomic mass is 16.6. The summed E-state index contributed by atoms with van der Waals surface area (Å²) < 4.78 is 1.39. The van der Waals surface area contributed by atoms with Crippen LogP contribution in [0.4, 0.5) is 5.69 Å². The van der Waals surface area contributed by atoms with Crippen molar-refractivity contribution in [3.05, 3.63) is 22.5 Å². The fourth-order valence-corrected chi connectivity index (χ4v) is 2.79. The van der Waals surface area contributed by atoms with Gasteiger partial charge in [-0.1, -0.05) is 0 Å². The highest BCUT2D eigenvalue weighted by Crippen LogP contribution is 2.21. The second kappa shape index (κ2) is 7.70. The van der Waals surface area contributed by atoms with E-state index in [2.05, 4.69) is 5.10 Å². The summed E-state index contributed by atoms with van der Waals surface area (Å²) in [6.07, 6.45) is 5.23. The highest BCUT2D eigenvalue weighted by molar-refractivity contribution is 5.76. The molecule has 9 nitrogen and oxygen atoms in total. The van der Waals surface area contributed by atoms with Crippen molar-refractivity contribution in [3.63, 3.8) is 0 Å². The van der Waals surface area contributed by atoms with Gasteiger partial charge in [0.2, 0.25) is 5.91 Å². The Labute approximate surface area is 133 Å². The van der Waals surface area contributed by atoms with Crippen molar-refractivity contribution < 1.29 is 19.6 Å². The molecule has 0 radical (unpaired) electrons. The lowest BCUT2D eigenvalue weighted by molar-refractivity contribution is -0.385. The fourth-order valence-electron chi connectivity index (χ4n) is 2.79. The summed E-state index contributed by atoms with van der Waals surface area (Å²) in [5.41, 5.74) is -0.0934. The second-order valence-electron chi connectivity index (χ2n) is 5.75. The van der Waals surface area contributed by atoms with Crippen LogP contribution in [0.5, 0.6) is 0 Å². The first kappa shape index (κ1) is 16.9. The zero-order valence-corrected chi connectivity index (χ0v) is 12.8. The summed E-state index contributed by atoms with van der Waals surface area (Å²) in [6, 6.07) is 0. The molecule has 2 heterocycles. The van der Waals surface area contributed by atoms with Crippen molar-refractivity contribution in [2.75, 3.05) is 13.1 Å². The quantitative estimate of drug-likeness (QED) is 0.596. The summed E-state index contributed by atoms with van der Waals surface area (Å²) in [6.45, 7) is 1.57. The number of carboxylic acids is 1. The molecular formula is C14H20N4O5. The van der Waals surface area contributed by atoms with E-state index < -0.39 is 10.9 Å². The number of likely N-dealkylation sites (tertiary alicyclic amines) is 1. The van der Waals surface area contributed by atoms with Gasteiger partial charge in [0.15, 0.2) is 0 Å². The third-order valence-electron chi connectivity index (χ3n) is 4.02. The van der Waals surface area contributed by atoms with Crippen LogP contribution in [0.2, 0.25) is 0 Å². The molecule has 126 valence electrons. The molecule has 1 aromatic heterocycles. The number of carbonyl (C=O) groups is 2. The standard InChI is InChI=1S/C14H20N4O5/c19-13(5-7-17-10-12(8-15-17)18(22)23)16-6-1-2-11(9-16)3-4-14(20)21/h8,10-11H,1-7,9H2,(H,20,21). The molecule has 2 rings (SSSR count). The Morgan fingerprint density at radius 3 is 2.87 bits per heavy atom. The number of piperidine rings is 1. The fraction of sp³-hybridized carbons (Fsp3) is 0.643. The van der Waals surface area contributed by atoms with Gasteiger partial charge in [-0.05, 0) is 25.2 Å². The maximum Gasteiger partial charge on any atom is 0.306 e. The number of carboxylic acid groups (broad SMARTS) is 1. The molecule has 1 saturated heterocycles. The van der Waals surface area contributed by atoms with E-state index in [-0.39, 0.29) is 30.4 Å². The van der Waals surface area contributed by atoms with E-state index in [1.807, 2.05) is 0 Å². The lowest BCUT2D eigenvalue weighted by Gasteiger charge is -2.32. The first-order chi connectivity index (χ1) is 11.0. The lowest BCUT2D eigenvalue weighted by atomic mass is 9.93. The number of nitrogens with zero attached hydrogens (tertiary/aromatic N) is 4.